The third kappa shape index (κ3) is 1.03. The molecule has 0 radical (unpaired) electrons. The minimum absolute atomic E-state index is 0.191. The van der Waals surface area contributed by atoms with Crippen LogP contribution in [0.4, 0.5) is 0 Å². The summed E-state index contributed by atoms with van der Waals surface area (Å²) in [6.07, 6.45) is 2.97. The molecule has 1 aromatic rings. The Hall–Kier alpha value is -0.880. The van der Waals surface area contributed by atoms with Crippen LogP contribution in [0.2, 0.25) is 0 Å². The van der Waals surface area contributed by atoms with Gasteiger partial charge >= 0.3 is 0 Å². The van der Waals surface area contributed by atoms with Crippen LogP contribution in [0.15, 0.2) is 5.38 Å². The summed E-state index contributed by atoms with van der Waals surface area (Å²) in [6.45, 7) is 2.09. The fourth-order valence-electron chi connectivity index (χ4n) is 1.24. The van der Waals surface area contributed by atoms with Crippen LogP contribution < -0.4 is 0 Å². The van der Waals surface area contributed by atoms with E-state index in [0.29, 0.717) is 0 Å². The van der Waals surface area contributed by atoms with E-state index in [2.05, 4.69) is 18.0 Å². The normalized spacial score (nSPS) is 18.7. The maximum absolute atomic E-state index is 8.91. The molecule has 2 rings (SSSR count). The molecule has 2 nitrogen and oxygen atoms in total. The highest BCUT2D eigenvalue weighted by molar-refractivity contribution is 7.09. The lowest BCUT2D eigenvalue weighted by Gasteiger charge is -1.97. The van der Waals surface area contributed by atoms with E-state index in [-0.39, 0.29) is 5.41 Å². The van der Waals surface area contributed by atoms with Gasteiger partial charge in [-0.3, -0.25) is 0 Å². The Labute approximate surface area is 75.9 Å². The molecule has 1 aliphatic carbocycles. The summed E-state index contributed by atoms with van der Waals surface area (Å²) in [4.78, 5) is 4.43. The Morgan fingerprint density at radius 2 is 2.50 bits per heavy atom. The summed E-state index contributed by atoms with van der Waals surface area (Å²) in [7, 11) is 0. The van der Waals surface area contributed by atoms with Gasteiger partial charge in [-0.15, -0.1) is 11.3 Å². The van der Waals surface area contributed by atoms with Crippen molar-refractivity contribution < 1.29 is 0 Å². The minimum atomic E-state index is -0.191. The first-order chi connectivity index (χ1) is 5.80. The number of thiazole rings is 1. The molecule has 0 spiro atoms. The highest BCUT2D eigenvalue weighted by Crippen LogP contribution is 2.47. The van der Waals surface area contributed by atoms with Crippen LogP contribution in [0.5, 0.6) is 0 Å². The third-order valence-corrected chi connectivity index (χ3v) is 3.30. The van der Waals surface area contributed by atoms with Gasteiger partial charge in [0.25, 0.3) is 0 Å². The lowest BCUT2D eigenvalue weighted by molar-refractivity contribution is 0.854. The molecule has 0 N–H and O–H groups in total. The fourth-order valence-corrected chi connectivity index (χ4v) is 2.09. The predicted molar refractivity (Wildman–Crippen MR) is 48.0 cm³/mol. The van der Waals surface area contributed by atoms with Crippen LogP contribution in [-0.2, 0) is 11.8 Å². The molecule has 0 atom stereocenters. The Morgan fingerprint density at radius 1 is 1.75 bits per heavy atom. The molecule has 0 saturated heterocycles. The zero-order valence-corrected chi connectivity index (χ0v) is 7.82. The van der Waals surface area contributed by atoms with E-state index in [1.54, 1.807) is 11.3 Å². The molecule has 1 fully saturated rings. The molecule has 0 aromatic carbocycles. The third-order valence-electron chi connectivity index (χ3n) is 2.31. The van der Waals surface area contributed by atoms with Crippen LogP contribution in [0, 0.1) is 11.3 Å². The lowest BCUT2D eigenvalue weighted by Crippen LogP contribution is -2.02. The van der Waals surface area contributed by atoms with Gasteiger partial charge in [-0.2, -0.15) is 5.26 Å². The quantitative estimate of drug-likeness (QED) is 0.696. The average molecular weight is 178 g/mol. The maximum atomic E-state index is 8.91. The van der Waals surface area contributed by atoms with Crippen molar-refractivity contribution in [2.75, 3.05) is 0 Å². The summed E-state index contributed by atoms with van der Waals surface area (Å²) >= 11 is 1.67. The molecular weight excluding hydrogens is 168 g/mol. The summed E-state index contributed by atoms with van der Waals surface area (Å²) in [5.41, 5.74) is 0.816. The summed E-state index contributed by atoms with van der Waals surface area (Å²) < 4.78 is 0. The number of hydrogen-bond donors (Lipinski definition) is 0. The van der Waals surface area contributed by atoms with Crippen LogP contribution in [-0.4, -0.2) is 4.98 Å². The van der Waals surface area contributed by atoms with E-state index < -0.39 is 0 Å². The number of nitrogens with zero attached hydrogens (tertiary/aromatic N) is 2. The van der Waals surface area contributed by atoms with Gasteiger partial charge in [-0.05, 0) is 19.3 Å². The van der Waals surface area contributed by atoms with Crippen molar-refractivity contribution in [1.82, 2.24) is 4.98 Å². The van der Waals surface area contributed by atoms with Gasteiger partial charge in [0.2, 0.25) is 0 Å². The molecule has 1 saturated carbocycles. The van der Waals surface area contributed by atoms with Gasteiger partial charge in [-0.25, -0.2) is 4.98 Å². The Balaban J connectivity index is 2.30. The molecule has 1 heterocycles. The van der Waals surface area contributed by atoms with Gasteiger partial charge in [-0.1, -0.05) is 6.92 Å². The zero-order valence-electron chi connectivity index (χ0n) is 7.00. The zero-order chi connectivity index (χ0) is 8.60. The van der Waals surface area contributed by atoms with Crippen molar-refractivity contribution >= 4 is 11.3 Å². The van der Waals surface area contributed by atoms with Crippen molar-refractivity contribution in [2.24, 2.45) is 0 Å². The van der Waals surface area contributed by atoms with Gasteiger partial charge < -0.3 is 0 Å². The second kappa shape index (κ2) is 2.56. The van der Waals surface area contributed by atoms with Crippen LogP contribution >= 0.6 is 11.3 Å². The molecule has 0 bridgehead atoms. The van der Waals surface area contributed by atoms with Gasteiger partial charge in [0, 0.05) is 5.38 Å². The lowest BCUT2D eigenvalue weighted by atomic mass is 10.1. The highest BCUT2D eigenvalue weighted by atomic mass is 32.1. The van der Waals surface area contributed by atoms with Gasteiger partial charge in [0.1, 0.15) is 5.41 Å². The molecule has 0 unspecified atom stereocenters. The maximum Gasteiger partial charge on any atom is 0.100 e. The van der Waals surface area contributed by atoms with E-state index >= 15 is 0 Å². The summed E-state index contributed by atoms with van der Waals surface area (Å²) in [5, 5.41) is 12.1. The van der Waals surface area contributed by atoms with Gasteiger partial charge in [0.15, 0.2) is 0 Å². The molecule has 0 aliphatic heterocycles. The van der Waals surface area contributed by atoms with Crippen LogP contribution in [0.3, 0.4) is 0 Å². The summed E-state index contributed by atoms with van der Waals surface area (Å²) in [6, 6.07) is 2.35. The first-order valence-electron chi connectivity index (χ1n) is 4.17. The van der Waals surface area contributed by atoms with Crippen molar-refractivity contribution in [1.29, 1.82) is 5.26 Å². The number of hydrogen-bond acceptors (Lipinski definition) is 3. The smallest absolute Gasteiger partial charge is 0.100 e. The van der Waals surface area contributed by atoms with E-state index in [0.717, 1.165) is 30.0 Å². The highest BCUT2D eigenvalue weighted by Gasteiger charge is 2.46. The monoisotopic (exact) mass is 178 g/mol. The second-order valence-electron chi connectivity index (χ2n) is 3.17. The Bertz CT molecular complexity index is 331. The Morgan fingerprint density at radius 3 is 2.92 bits per heavy atom. The molecule has 12 heavy (non-hydrogen) atoms. The summed E-state index contributed by atoms with van der Waals surface area (Å²) in [5.74, 6) is 0. The molecule has 1 aromatic heterocycles. The van der Waals surface area contributed by atoms with E-state index in [1.807, 2.05) is 5.38 Å². The molecule has 1 aliphatic rings. The molecule has 62 valence electrons. The number of aryl methyl sites for hydroxylation is 1. The van der Waals surface area contributed by atoms with Crippen molar-refractivity contribution in [3.63, 3.8) is 0 Å². The molecule has 3 heteroatoms. The van der Waals surface area contributed by atoms with Crippen molar-refractivity contribution in [3.05, 3.63) is 16.1 Å². The Kier molecular flexibility index (Phi) is 1.66. The largest absolute Gasteiger partial charge is 0.245 e. The van der Waals surface area contributed by atoms with Crippen molar-refractivity contribution in [2.45, 2.75) is 31.6 Å². The van der Waals surface area contributed by atoms with Gasteiger partial charge in [0.05, 0.1) is 16.8 Å². The fraction of sp³-hybridized carbons (Fsp3) is 0.556. The minimum Gasteiger partial charge on any atom is -0.245 e. The van der Waals surface area contributed by atoms with Crippen molar-refractivity contribution in [3.8, 4) is 6.07 Å². The average Bonchev–Trinajstić information content (AvgIpc) is 2.77. The molecule has 0 amide bonds. The molecular formula is C9H10N2S. The first kappa shape index (κ1) is 7.75. The number of nitriles is 1. The first-order valence-corrected chi connectivity index (χ1v) is 5.05. The van der Waals surface area contributed by atoms with E-state index in [9.17, 15) is 0 Å². The van der Waals surface area contributed by atoms with E-state index in [1.165, 1.54) is 0 Å². The number of rotatable bonds is 2. The second-order valence-corrected chi connectivity index (χ2v) is 4.12. The van der Waals surface area contributed by atoms with E-state index in [4.69, 9.17) is 5.26 Å². The SMILES string of the molecule is CCc1nc(C2(C#N)CC2)cs1. The standard InChI is InChI=1S/C9H10N2S/c1-2-8-11-7(5-12-8)9(6-10)3-4-9/h5H,2-4H2,1H3. The topological polar surface area (TPSA) is 36.7 Å². The predicted octanol–water partition coefficient (Wildman–Crippen LogP) is 2.26. The van der Waals surface area contributed by atoms with Crippen LogP contribution in [0.25, 0.3) is 0 Å². The number of aromatic nitrogens is 1. The van der Waals surface area contributed by atoms with Crippen LogP contribution in [0.1, 0.15) is 30.5 Å².